The predicted molar refractivity (Wildman–Crippen MR) is 59.4 cm³/mol. The Bertz CT molecular complexity index is 309. The van der Waals surface area contributed by atoms with Crippen molar-refractivity contribution < 1.29 is 0 Å². The van der Waals surface area contributed by atoms with Gasteiger partial charge in [-0.25, -0.2) is 0 Å². The Hall–Kier alpha value is -1.05. The average molecular weight is 190 g/mol. The van der Waals surface area contributed by atoms with Crippen LogP contribution in [0.15, 0.2) is 18.5 Å². The van der Waals surface area contributed by atoms with Crippen molar-refractivity contribution in [3.8, 4) is 0 Å². The summed E-state index contributed by atoms with van der Waals surface area (Å²) in [5, 5.41) is 3.60. The maximum atomic E-state index is 4.09. The van der Waals surface area contributed by atoms with Crippen molar-refractivity contribution in [3.63, 3.8) is 0 Å². The molecule has 1 fully saturated rings. The molecular weight excluding hydrogens is 172 g/mol. The minimum Gasteiger partial charge on any atom is -0.382 e. The first-order valence-electron chi connectivity index (χ1n) is 5.43. The van der Waals surface area contributed by atoms with Crippen LogP contribution in [0, 0.1) is 12.8 Å². The molecule has 2 rings (SSSR count). The minimum atomic E-state index is 0.672. The van der Waals surface area contributed by atoms with Gasteiger partial charge in [-0.1, -0.05) is 6.92 Å². The van der Waals surface area contributed by atoms with E-state index in [1.807, 2.05) is 12.4 Å². The molecule has 2 unspecified atom stereocenters. The van der Waals surface area contributed by atoms with Gasteiger partial charge in [-0.3, -0.25) is 4.98 Å². The number of aryl methyl sites for hydroxylation is 1. The van der Waals surface area contributed by atoms with Crippen molar-refractivity contribution in [2.75, 3.05) is 5.32 Å². The topological polar surface area (TPSA) is 24.9 Å². The van der Waals surface area contributed by atoms with E-state index in [1.165, 1.54) is 30.5 Å². The number of nitrogens with one attached hydrogen (secondary N) is 1. The fourth-order valence-corrected chi connectivity index (χ4v) is 2.19. The van der Waals surface area contributed by atoms with Gasteiger partial charge in [-0.2, -0.15) is 0 Å². The lowest BCUT2D eigenvalue weighted by molar-refractivity contribution is 0.602. The summed E-state index contributed by atoms with van der Waals surface area (Å²) in [5.41, 5.74) is 2.49. The van der Waals surface area contributed by atoms with Gasteiger partial charge in [0.05, 0.1) is 0 Å². The molecule has 0 amide bonds. The highest BCUT2D eigenvalue weighted by atomic mass is 14.9. The van der Waals surface area contributed by atoms with Crippen LogP contribution in [0.3, 0.4) is 0 Å². The molecule has 76 valence electrons. The summed E-state index contributed by atoms with van der Waals surface area (Å²) in [4.78, 5) is 4.09. The number of hydrogen-bond acceptors (Lipinski definition) is 2. The summed E-state index contributed by atoms with van der Waals surface area (Å²) in [6.07, 6.45) is 7.75. The Balaban J connectivity index is 2.01. The monoisotopic (exact) mass is 190 g/mol. The first-order chi connectivity index (χ1) is 6.75. The van der Waals surface area contributed by atoms with Crippen LogP contribution >= 0.6 is 0 Å². The number of anilines is 1. The summed E-state index contributed by atoms with van der Waals surface area (Å²) < 4.78 is 0. The molecule has 0 aromatic carbocycles. The number of nitrogens with zero attached hydrogens (tertiary/aromatic N) is 1. The van der Waals surface area contributed by atoms with Gasteiger partial charge in [-0.05, 0) is 43.7 Å². The molecule has 1 N–H and O–H groups in total. The molecule has 14 heavy (non-hydrogen) atoms. The fourth-order valence-electron chi connectivity index (χ4n) is 2.19. The van der Waals surface area contributed by atoms with Crippen molar-refractivity contribution in [1.29, 1.82) is 0 Å². The molecule has 1 aromatic rings. The predicted octanol–water partition coefficient (Wildman–Crippen LogP) is 2.99. The lowest BCUT2D eigenvalue weighted by atomic mass is 10.1. The molecular formula is C12H18N2. The van der Waals surface area contributed by atoms with Crippen molar-refractivity contribution in [1.82, 2.24) is 4.98 Å². The van der Waals surface area contributed by atoms with E-state index in [0.29, 0.717) is 6.04 Å². The standard InChI is InChI=1S/C12H18N2/c1-9-3-4-11(7-9)14-12-5-6-13-8-10(12)2/h5-6,8-9,11H,3-4,7H2,1-2H3,(H,13,14). The van der Waals surface area contributed by atoms with E-state index in [4.69, 9.17) is 0 Å². The van der Waals surface area contributed by atoms with Gasteiger partial charge in [0.1, 0.15) is 0 Å². The smallest absolute Gasteiger partial charge is 0.0402 e. The summed E-state index contributed by atoms with van der Waals surface area (Å²) in [7, 11) is 0. The van der Waals surface area contributed by atoms with E-state index in [-0.39, 0.29) is 0 Å². The molecule has 1 heterocycles. The Morgan fingerprint density at radius 2 is 2.29 bits per heavy atom. The van der Waals surface area contributed by atoms with Crippen LogP contribution in [0.25, 0.3) is 0 Å². The highest BCUT2D eigenvalue weighted by Gasteiger charge is 2.21. The molecule has 2 atom stereocenters. The second kappa shape index (κ2) is 3.99. The first kappa shape index (κ1) is 9.50. The number of rotatable bonds is 2. The molecule has 0 aliphatic heterocycles. The third-order valence-corrected chi connectivity index (χ3v) is 3.07. The quantitative estimate of drug-likeness (QED) is 0.775. The third kappa shape index (κ3) is 2.06. The van der Waals surface area contributed by atoms with Crippen molar-refractivity contribution in [2.24, 2.45) is 5.92 Å². The van der Waals surface area contributed by atoms with Crippen LogP contribution in [0.5, 0.6) is 0 Å². The molecule has 1 saturated carbocycles. The van der Waals surface area contributed by atoms with Crippen molar-refractivity contribution in [2.45, 2.75) is 39.2 Å². The first-order valence-corrected chi connectivity index (χ1v) is 5.43. The minimum absolute atomic E-state index is 0.672. The fraction of sp³-hybridized carbons (Fsp3) is 0.583. The van der Waals surface area contributed by atoms with Gasteiger partial charge in [0, 0.05) is 24.1 Å². The third-order valence-electron chi connectivity index (χ3n) is 3.07. The molecule has 0 spiro atoms. The summed E-state index contributed by atoms with van der Waals surface area (Å²) >= 11 is 0. The van der Waals surface area contributed by atoms with Crippen LogP contribution in [-0.2, 0) is 0 Å². The van der Waals surface area contributed by atoms with Crippen molar-refractivity contribution in [3.05, 3.63) is 24.0 Å². The van der Waals surface area contributed by atoms with Gasteiger partial charge in [-0.15, -0.1) is 0 Å². The molecule has 2 nitrogen and oxygen atoms in total. The van der Waals surface area contributed by atoms with Crippen LogP contribution < -0.4 is 5.32 Å². The van der Waals surface area contributed by atoms with Crippen LogP contribution in [-0.4, -0.2) is 11.0 Å². The van der Waals surface area contributed by atoms with E-state index in [1.54, 1.807) is 0 Å². The zero-order valence-electron chi connectivity index (χ0n) is 8.96. The molecule has 0 radical (unpaired) electrons. The van der Waals surface area contributed by atoms with Gasteiger partial charge >= 0.3 is 0 Å². The molecule has 0 saturated heterocycles. The van der Waals surface area contributed by atoms with E-state index in [0.717, 1.165) is 5.92 Å². The van der Waals surface area contributed by atoms with E-state index in [2.05, 4.69) is 30.2 Å². The normalized spacial score (nSPS) is 26.4. The molecule has 1 aliphatic carbocycles. The number of pyridine rings is 1. The van der Waals surface area contributed by atoms with Crippen LogP contribution in [0.2, 0.25) is 0 Å². The average Bonchev–Trinajstić information content (AvgIpc) is 2.56. The maximum Gasteiger partial charge on any atom is 0.0402 e. The molecule has 1 aromatic heterocycles. The Labute approximate surface area is 85.7 Å². The van der Waals surface area contributed by atoms with Crippen molar-refractivity contribution >= 4 is 5.69 Å². The number of aromatic nitrogens is 1. The van der Waals surface area contributed by atoms with Crippen LogP contribution in [0.1, 0.15) is 31.7 Å². The van der Waals surface area contributed by atoms with Gasteiger partial charge in [0.15, 0.2) is 0 Å². The second-order valence-corrected chi connectivity index (χ2v) is 4.45. The lowest BCUT2D eigenvalue weighted by Gasteiger charge is -2.15. The van der Waals surface area contributed by atoms with E-state index >= 15 is 0 Å². The van der Waals surface area contributed by atoms with E-state index < -0.39 is 0 Å². The zero-order chi connectivity index (χ0) is 9.97. The molecule has 1 aliphatic rings. The largest absolute Gasteiger partial charge is 0.382 e. The zero-order valence-corrected chi connectivity index (χ0v) is 8.96. The Morgan fingerprint density at radius 1 is 1.43 bits per heavy atom. The van der Waals surface area contributed by atoms with E-state index in [9.17, 15) is 0 Å². The maximum absolute atomic E-state index is 4.09. The van der Waals surface area contributed by atoms with Gasteiger partial charge in [0.25, 0.3) is 0 Å². The Morgan fingerprint density at radius 3 is 2.93 bits per heavy atom. The highest BCUT2D eigenvalue weighted by Crippen LogP contribution is 2.28. The Kier molecular flexibility index (Phi) is 2.71. The lowest BCUT2D eigenvalue weighted by Crippen LogP contribution is -2.15. The van der Waals surface area contributed by atoms with Gasteiger partial charge in [0.2, 0.25) is 0 Å². The summed E-state index contributed by atoms with van der Waals surface area (Å²) in [5.74, 6) is 0.884. The van der Waals surface area contributed by atoms with Gasteiger partial charge < -0.3 is 5.32 Å². The summed E-state index contributed by atoms with van der Waals surface area (Å²) in [6, 6.07) is 2.74. The van der Waals surface area contributed by atoms with Crippen LogP contribution in [0.4, 0.5) is 5.69 Å². The highest BCUT2D eigenvalue weighted by molar-refractivity contribution is 5.49. The molecule has 0 bridgehead atoms. The summed E-state index contributed by atoms with van der Waals surface area (Å²) in [6.45, 7) is 4.44. The number of hydrogen-bond donors (Lipinski definition) is 1. The SMILES string of the molecule is Cc1cnccc1NC1CCC(C)C1. The molecule has 2 heteroatoms. The second-order valence-electron chi connectivity index (χ2n) is 4.45.